The van der Waals surface area contributed by atoms with Gasteiger partial charge in [0.2, 0.25) is 0 Å². The largest absolute Gasteiger partial charge is 0.319 e. The summed E-state index contributed by atoms with van der Waals surface area (Å²) in [6, 6.07) is 5.37. The highest BCUT2D eigenvalue weighted by Gasteiger charge is 2.21. The topological polar surface area (TPSA) is 58.4 Å². The molecule has 5 heteroatoms. The normalized spacial score (nSPS) is 20.0. The average molecular weight is 277 g/mol. The van der Waals surface area contributed by atoms with E-state index < -0.39 is 0 Å². The van der Waals surface area contributed by atoms with E-state index in [1.165, 1.54) is 12.8 Å². The SMILES string of the molecule is CNCC1CCCN(Cc2cccc([N+](=O)[O-])c2C)C1. The van der Waals surface area contributed by atoms with Gasteiger partial charge in [-0.05, 0) is 51.4 Å². The van der Waals surface area contributed by atoms with Gasteiger partial charge in [-0.25, -0.2) is 0 Å². The van der Waals surface area contributed by atoms with E-state index >= 15 is 0 Å². The predicted octanol–water partition coefficient (Wildman–Crippen LogP) is 2.33. The zero-order chi connectivity index (χ0) is 14.5. The van der Waals surface area contributed by atoms with Gasteiger partial charge in [0.05, 0.1) is 4.92 Å². The van der Waals surface area contributed by atoms with Gasteiger partial charge in [0.15, 0.2) is 0 Å². The smallest absolute Gasteiger partial charge is 0.272 e. The van der Waals surface area contributed by atoms with Crippen LogP contribution in [0.25, 0.3) is 0 Å². The van der Waals surface area contributed by atoms with E-state index in [4.69, 9.17) is 0 Å². The minimum absolute atomic E-state index is 0.228. The molecule has 1 aromatic carbocycles. The van der Waals surface area contributed by atoms with Gasteiger partial charge in [0.25, 0.3) is 5.69 Å². The first-order valence-electron chi connectivity index (χ1n) is 7.21. The Hall–Kier alpha value is -1.46. The summed E-state index contributed by atoms with van der Waals surface area (Å²) in [6.45, 7) is 5.87. The molecule has 0 aliphatic carbocycles. The Labute approximate surface area is 120 Å². The lowest BCUT2D eigenvalue weighted by molar-refractivity contribution is -0.385. The number of nitrogens with zero attached hydrogens (tertiary/aromatic N) is 2. The molecule has 1 heterocycles. The summed E-state index contributed by atoms with van der Waals surface area (Å²) >= 11 is 0. The molecule has 0 amide bonds. The molecule has 5 nitrogen and oxygen atoms in total. The molecule has 110 valence electrons. The zero-order valence-corrected chi connectivity index (χ0v) is 12.3. The number of piperidine rings is 1. The van der Waals surface area contributed by atoms with E-state index in [0.29, 0.717) is 5.92 Å². The van der Waals surface area contributed by atoms with Crippen LogP contribution in [0.3, 0.4) is 0 Å². The number of nitrogens with one attached hydrogen (secondary N) is 1. The van der Waals surface area contributed by atoms with Crippen LogP contribution in [0.2, 0.25) is 0 Å². The van der Waals surface area contributed by atoms with Crippen LogP contribution in [-0.2, 0) is 6.54 Å². The maximum atomic E-state index is 11.0. The minimum atomic E-state index is -0.293. The highest BCUT2D eigenvalue weighted by molar-refractivity contribution is 5.44. The highest BCUT2D eigenvalue weighted by atomic mass is 16.6. The van der Waals surface area contributed by atoms with Gasteiger partial charge in [0, 0.05) is 24.7 Å². The Balaban J connectivity index is 2.06. The summed E-state index contributed by atoms with van der Waals surface area (Å²) in [5, 5.41) is 14.2. The second-order valence-corrected chi connectivity index (χ2v) is 5.62. The van der Waals surface area contributed by atoms with E-state index in [9.17, 15) is 10.1 Å². The number of hydrogen-bond donors (Lipinski definition) is 1. The molecule has 1 N–H and O–H groups in total. The first kappa shape index (κ1) is 14.9. The first-order valence-corrected chi connectivity index (χ1v) is 7.21. The molecule has 1 saturated heterocycles. The van der Waals surface area contributed by atoms with Crippen molar-refractivity contribution in [1.29, 1.82) is 0 Å². The fourth-order valence-electron chi connectivity index (χ4n) is 3.03. The van der Waals surface area contributed by atoms with Crippen molar-refractivity contribution in [3.05, 3.63) is 39.4 Å². The van der Waals surface area contributed by atoms with Gasteiger partial charge in [-0.1, -0.05) is 12.1 Å². The Morgan fingerprint density at radius 2 is 2.30 bits per heavy atom. The molecule has 0 radical (unpaired) electrons. The van der Waals surface area contributed by atoms with Crippen LogP contribution in [0.5, 0.6) is 0 Å². The maximum absolute atomic E-state index is 11.0. The Bertz CT molecular complexity index is 474. The van der Waals surface area contributed by atoms with E-state index in [1.807, 2.05) is 20.0 Å². The van der Waals surface area contributed by atoms with E-state index in [1.54, 1.807) is 12.1 Å². The maximum Gasteiger partial charge on any atom is 0.272 e. The van der Waals surface area contributed by atoms with Crippen molar-refractivity contribution in [2.75, 3.05) is 26.7 Å². The fourth-order valence-corrected chi connectivity index (χ4v) is 3.03. The summed E-state index contributed by atoms with van der Waals surface area (Å²) in [7, 11) is 1.99. The van der Waals surface area contributed by atoms with Gasteiger partial charge in [-0.2, -0.15) is 0 Å². The van der Waals surface area contributed by atoms with Crippen molar-refractivity contribution in [2.24, 2.45) is 5.92 Å². The fraction of sp³-hybridized carbons (Fsp3) is 0.600. The number of likely N-dealkylation sites (tertiary alicyclic amines) is 1. The molecule has 1 aliphatic rings. The third-order valence-electron chi connectivity index (χ3n) is 4.10. The second kappa shape index (κ2) is 6.81. The molecule has 0 spiro atoms. The molecule has 1 atom stereocenters. The summed E-state index contributed by atoms with van der Waals surface area (Å²) in [6.07, 6.45) is 2.48. The van der Waals surface area contributed by atoms with Gasteiger partial charge in [-0.3, -0.25) is 15.0 Å². The lowest BCUT2D eigenvalue weighted by Crippen LogP contribution is -2.38. The number of rotatable bonds is 5. The van der Waals surface area contributed by atoms with Crippen molar-refractivity contribution in [1.82, 2.24) is 10.2 Å². The number of nitro benzene ring substituents is 1. The number of nitro groups is 1. The van der Waals surface area contributed by atoms with E-state index in [-0.39, 0.29) is 10.6 Å². The van der Waals surface area contributed by atoms with Gasteiger partial charge < -0.3 is 5.32 Å². The monoisotopic (exact) mass is 277 g/mol. The van der Waals surface area contributed by atoms with Crippen LogP contribution in [0.4, 0.5) is 5.69 Å². The molecule has 20 heavy (non-hydrogen) atoms. The summed E-state index contributed by atoms with van der Waals surface area (Å²) < 4.78 is 0. The quantitative estimate of drug-likeness (QED) is 0.663. The molecule has 0 bridgehead atoms. The molecular formula is C15H23N3O2. The van der Waals surface area contributed by atoms with Crippen molar-refractivity contribution < 1.29 is 4.92 Å². The molecule has 1 fully saturated rings. The van der Waals surface area contributed by atoms with Crippen LogP contribution in [0.1, 0.15) is 24.0 Å². The first-order chi connectivity index (χ1) is 9.61. The number of benzene rings is 1. The predicted molar refractivity (Wildman–Crippen MR) is 79.8 cm³/mol. The minimum Gasteiger partial charge on any atom is -0.319 e. The Kier molecular flexibility index (Phi) is 5.09. The molecule has 0 aromatic heterocycles. The van der Waals surface area contributed by atoms with Crippen LogP contribution in [0.15, 0.2) is 18.2 Å². The molecular weight excluding hydrogens is 254 g/mol. The van der Waals surface area contributed by atoms with Crippen LogP contribution < -0.4 is 5.32 Å². The van der Waals surface area contributed by atoms with Gasteiger partial charge in [0.1, 0.15) is 0 Å². The van der Waals surface area contributed by atoms with Gasteiger partial charge in [-0.15, -0.1) is 0 Å². The molecule has 1 aliphatic heterocycles. The standard InChI is InChI=1S/C15H23N3O2/c1-12-14(6-3-7-15(12)18(19)20)11-17-8-4-5-13(10-17)9-16-2/h3,6-7,13,16H,4-5,8-11H2,1-2H3. The Morgan fingerprint density at radius 1 is 1.50 bits per heavy atom. The number of hydrogen-bond acceptors (Lipinski definition) is 4. The third-order valence-corrected chi connectivity index (χ3v) is 4.10. The Morgan fingerprint density at radius 3 is 3.00 bits per heavy atom. The summed E-state index contributed by atoms with van der Waals surface area (Å²) in [5.41, 5.74) is 2.10. The third kappa shape index (κ3) is 3.55. The van der Waals surface area contributed by atoms with Crippen molar-refractivity contribution in [2.45, 2.75) is 26.3 Å². The zero-order valence-electron chi connectivity index (χ0n) is 12.3. The van der Waals surface area contributed by atoms with Crippen molar-refractivity contribution >= 4 is 5.69 Å². The lowest BCUT2D eigenvalue weighted by Gasteiger charge is -2.33. The molecule has 0 saturated carbocycles. The molecule has 1 unspecified atom stereocenters. The van der Waals surface area contributed by atoms with E-state index in [2.05, 4.69) is 10.2 Å². The lowest BCUT2D eigenvalue weighted by atomic mass is 9.97. The highest BCUT2D eigenvalue weighted by Crippen LogP contribution is 2.24. The van der Waals surface area contributed by atoms with Crippen molar-refractivity contribution in [3.8, 4) is 0 Å². The van der Waals surface area contributed by atoms with Crippen molar-refractivity contribution in [3.63, 3.8) is 0 Å². The van der Waals surface area contributed by atoms with Crippen LogP contribution in [-0.4, -0.2) is 36.5 Å². The molecule has 1 aromatic rings. The summed E-state index contributed by atoms with van der Waals surface area (Å²) in [5.74, 6) is 0.688. The van der Waals surface area contributed by atoms with Gasteiger partial charge >= 0.3 is 0 Å². The van der Waals surface area contributed by atoms with Crippen LogP contribution in [0, 0.1) is 23.0 Å². The average Bonchev–Trinajstić information content (AvgIpc) is 2.42. The van der Waals surface area contributed by atoms with E-state index in [0.717, 1.165) is 37.3 Å². The van der Waals surface area contributed by atoms with Crippen LogP contribution >= 0.6 is 0 Å². The second-order valence-electron chi connectivity index (χ2n) is 5.62. The molecule has 2 rings (SSSR count). The summed E-state index contributed by atoms with van der Waals surface area (Å²) in [4.78, 5) is 13.1.